The molecule has 1 N–H and O–H groups in total. The molecule has 0 amide bonds. The van der Waals surface area contributed by atoms with Gasteiger partial charge in [-0.25, -0.2) is 14.2 Å². The van der Waals surface area contributed by atoms with Gasteiger partial charge in [-0.1, -0.05) is 44.5 Å². The molecular weight excluding hydrogens is 436 g/mol. The fourth-order valence-electron chi connectivity index (χ4n) is 5.84. The van der Waals surface area contributed by atoms with Gasteiger partial charge < -0.3 is 5.11 Å². The van der Waals surface area contributed by atoms with Crippen LogP contribution in [0.4, 0.5) is 0 Å². The van der Waals surface area contributed by atoms with Crippen molar-refractivity contribution in [3.63, 3.8) is 0 Å². The molecule has 0 radical (unpaired) electrons. The van der Waals surface area contributed by atoms with E-state index in [0.717, 1.165) is 53.9 Å². The highest BCUT2D eigenvalue weighted by Crippen LogP contribution is 2.44. The summed E-state index contributed by atoms with van der Waals surface area (Å²) in [7, 11) is 0. The van der Waals surface area contributed by atoms with Crippen LogP contribution in [0.3, 0.4) is 0 Å². The van der Waals surface area contributed by atoms with E-state index in [2.05, 4.69) is 60.0 Å². The second-order valence-corrected chi connectivity index (χ2v) is 10.3. The molecule has 2 heterocycles. The SMILES string of the molecule is CCCC1(C)CCc2cnn(-c3cccc(-c4cccc(-n5ncc(C(=O)O)c5C5CC5)c4)c3)c21. The normalized spacial score (nSPS) is 19.1. The zero-order chi connectivity index (χ0) is 24.2. The number of aromatic nitrogens is 4. The lowest BCUT2D eigenvalue weighted by Crippen LogP contribution is -2.22. The molecule has 0 bridgehead atoms. The van der Waals surface area contributed by atoms with Gasteiger partial charge in [-0.2, -0.15) is 10.2 Å². The van der Waals surface area contributed by atoms with Crippen LogP contribution in [0.5, 0.6) is 0 Å². The van der Waals surface area contributed by atoms with E-state index in [1.54, 1.807) is 0 Å². The van der Waals surface area contributed by atoms with E-state index < -0.39 is 5.97 Å². The molecule has 2 aliphatic rings. The summed E-state index contributed by atoms with van der Waals surface area (Å²) in [4.78, 5) is 11.7. The number of benzene rings is 2. The second kappa shape index (κ2) is 8.22. The lowest BCUT2D eigenvalue weighted by atomic mass is 9.83. The molecule has 178 valence electrons. The molecule has 1 fully saturated rings. The van der Waals surface area contributed by atoms with Crippen LogP contribution in [0, 0.1) is 0 Å². The highest BCUT2D eigenvalue weighted by Gasteiger charge is 2.38. The van der Waals surface area contributed by atoms with Crippen molar-refractivity contribution in [2.75, 3.05) is 0 Å². The minimum absolute atomic E-state index is 0.164. The topological polar surface area (TPSA) is 72.9 Å². The van der Waals surface area contributed by atoms with Crippen LogP contribution in [0.15, 0.2) is 60.9 Å². The average Bonchev–Trinajstić information content (AvgIpc) is 3.31. The summed E-state index contributed by atoms with van der Waals surface area (Å²) >= 11 is 0. The quantitative estimate of drug-likeness (QED) is 0.347. The first-order chi connectivity index (χ1) is 17.0. The van der Waals surface area contributed by atoms with Crippen LogP contribution in [-0.4, -0.2) is 30.6 Å². The van der Waals surface area contributed by atoms with Gasteiger partial charge in [-0.3, -0.25) is 0 Å². The first-order valence-electron chi connectivity index (χ1n) is 12.6. The highest BCUT2D eigenvalue weighted by atomic mass is 16.4. The molecule has 35 heavy (non-hydrogen) atoms. The number of carbonyl (C=O) groups is 1. The Kier molecular flexibility index (Phi) is 5.13. The van der Waals surface area contributed by atoms with Gasteiger partial charge >= 0.3 is 5.97 Å². The Morgan fingerprint density at radius 1 is 1.03 bits per heavy atom. The van der Waals surface area contributed by atoms with Crippen LogP contribution >= 0.6 is 0 Å². The Morgan fingerprint density at radius 2 is 1.69 bits per heavy atom. The van der Waals surface area contributed by atoms with Gasteiger partial charge in [0.1, 0.15) is 5.56 Å². The fraction of sp³-hybridized carbons (Fsp3) is 0.345. The largest absolute Gasteiger partial charge is 0.478 e. The predicted molar refractivity (Wildman–Crippen MR) is 136 cm³/mol. The average molecular weight is 467 g/mol. The van der Waals surface area contributed by atoms with Gasteiger partial charge in [0.15, 0.2) is 0 Å². The number of hydrogen-bond acceptors (Lipinski definition) is 3. The summed E-state index contributed by atoms with van der Waals surface area (Å²) in [5.41, 5.74) is 8.14. The van der Waals surface area contributed by atoms with Crippen molar-refractivity contribution in [3.8, 4) is 22.5 Å². The molecular formula is C29H30N4O2. The third-order valence-electron chi connectivity index (χ3n) is 7.68. The summed E-state index contributed by atoms with van der Waals surface area (Å²) in [6.45, 7) is 4.63. The maximum Gasteiger partial charge on any atom is 0.339 e. The minimum Gasteiger partial charge on any atom is -0.478 e. The summed E-state index contributed by atoms with van der Waals surface area (Å²) in [6, 6.07) is 16.7. The van der Waals surface area contributed by atoms with Crippen LogP contribution < -0.4 is 0 Å². The predicted octanol–water partition coefficient (Wildman–Crippen LogP) is 6.30. The maximum absolute atomic E-state index is 11.7. The maximum atomic E-state index is 11.7. The first-order valence-corrected chi connectivity index (χ1v) is 12.6. The molecule has 2 aromatic carbocycles. The van der Waals surface area contributed by atoms with Crippen molar-refractivity contribution in [2.45, 2.75) is 63.7 Å². The number of nitrogens with zero attached hydrogens (tertiary/aromatic N) is 4. The van der Waals surface area contributed by atoms with Crippen molar-refractivity contribution >= 4 is 5.97 Å². The second-order valence-electron chi connectivity index (χ2n) is 10.3. The lowest BCUT2D eigenvalue weighted by molar-refractivity contribution is 0.0695. The third kappa shape index (κ3) is 3.68. The van der Waals surface area contributed by atoms with E-state index >= 15 is 0 Å². The van der Waals surface area contributed by atoms with Crippen LogP contribution in [0.25, 0.3) is 22.5 Å². The number of hydrogen-bond donors (Lipinski definition) is 1. The molecule has 6 heteroatoms. The van der Waals surface area contributed by atoms with Crippen molar-refractivity contribution in [1.29, 1.82) is 0 Å². The minimum atomic E-state index is -0.913. The molecule has 6 nitrogen and oxygen atoms in total. The third-order valence-corrected chi connectivity index (χ3v) is 7.68. The van der Waals surface area contributed by atoms with Crippen LogP contribution in [0.2, 0.25) is 0 Å². The Labute approximate surface area is 205 Å². The van der Waals surface area contributed by atoms with Crippen molar-refractivity contribution < 1.29 is 9.90 Å². The molecule has 1 unspecified atom stereocenters. The number of carboxylic acids is 1. The molecule has 4 aromatic rings. The standard InChI is InChI=1S/C29H30N4O2/c1-3-13-29(2)14-12-22-17-30-33(27(22)29)24-9-5-7-21(16-24)20-6-4-8-23(15-20)32-26(19-10-11-19)25(18-31-32)28(34)35/h4-9,15-19H,3,10-14H2,1-2H3,(H,34,35). The van der Waals surface area contributed by atoms with Crippen LogP contribution in [-0.2, 0) is 11.8 Å². The van der Waals surface area contributed by atoms with E-state index in [9.17, 15) is 9.90 Å². The van der Waals surface area contributed by atoms with E-state index in [4.69, 9.17) is 5.10 Å². The highest BCUT2D eigenvalue weighted by molar-refractivity contribution is 5.89. The van der Waals surface area contributed by atoms with Crippen molar-refractivity contribution in [2.24, 2.45) is 0 Å². The number of carboxylic acid groups (broad SMARTS) is 1. The lowest BCUT2D eigenvalue weighted by Gasteiger charge is -2.26. The molecule has 0 aliphatic heterocycles. The number of aromatic carboxylic acids is 1. The molecule has 2 aliphatic carbocycles. The van der Waals surface area contributed by atoms with Gasteiger partial charge in [0.2, 0.25) is 0 Å². The zero-order valence-electron chi connectivity index (χ0n) is 20.2. The van der Waals surface area contributed by atoms with E-state index in [1.165, 1.54) is 30.3 Å². The van der Waals surface area contributed by atoms with Gasteiger partial charge in [0.25, 0.3) is 0 Å². The Hall–Kier alpha value is -3.67. The summed E-state index contributed by atoms with van der Waals surface area (Å²) in [6.07, 6.45) is 10.2. The van der Waals surface area contributed by atoms with E-state index in [0.29, 0.717) is 5.56 Å². The van der Waals surface area contributed by atoms with Crippen molar-refractivity contribution in [1.82, 2.24) is 19.6 Å². The smallest absolute Gasteiger partial charge is 0.339 e. The molecule has 2 aromatic heterocycles. The van der Waals surface area contributed by atoms with Gasteiger partial charge in [0.05, 0.1) is 35.2 Å². The number of fused-ring (bicyclic) bond motifs is 1. The summed E-state index contributed by atoms with van der Waals surface area (Å²) in [5, 5.41) is 18.9. The van der Waals surface area contributed by atoms with E-state index in [-0.39, 0.29) is 11.3 Å². The Morgan fingerprint density at radius 3 is 2.31 bits per heavy atom. The molecule has 1 atom stereocenters. The van der Waals surface area contributed by atoms with Gasteiger partial charge in [0, 0.05) is 11.3 Å². The fourth-order valence-corrected chi connectivity index (χ4v) is 5.84. The number of aryl methyl sites for hydroxylation is 1. The zero-order valence-corrected chi connectivity index (χ0v) is 20.2. The van der Waals surface area contributed by atoms with Gasteiger partial charge in [-0.15, -0.1) is 0 Å². The van der Waals surface area contributed by atoms with Gasteiger partial charge in [-0.05, 0) is 73.1 Å². The molecule has 1 saturated carbocycles. The summed E-state index contributed by atoms with van der Waals surface area (Å²) in [5.74, 6) is -0.640. The Bertz CT molecular complexity index is 1430. The van der Waals surface area contributed by atoms with E-state index in [1.807, 2.05) is 23.0 Å². The monoisotopic (exact) mass is 466 g/mol. The van der Waals surface area contributed by atoms with Crippen molar-refractivity contribution in [3.05, 3.63) is 83.4 Å². The molecule has 6 rings (SSSR count). The first kappa shape index (κ1) is 21.8. The molecule has 0 spiro atoms. The van der Waals surface area contributed by atoms with Crippen LogP contribution in [0.1, 0.15) is 79.2 Å². The number of rotatable bonds is 7. The summed E-state index contributed by atoms with van der Waals surface area (Å²) < 4.78 is 3.95. The Balaban J connectivity index is 1.39. The molecule has 0 saturated heterocycles.